The van der Waals surface area contributed by atoms with Crippen LogP contribution in [0, 0.1) is 0 Å². The Morgan fingerprint density at radius 3 is 2.24 bits per heavy atom. The van der Waals surface area contributed by atoms with Gasteiger partial charge in [0.15, 0.2) is 0 Å². The molecule has 0 bridgehead atoms. The van der Waals surface area contributed by atoms with Gasteiger partial charge in [-0.15, -0.1) is 11.8 Å². The minimum absolute atomic E-state index is 0.00849. The number of nitrogens with one attached hydrogen (secondary N) is 1. The molecule has 1 fully saturated rings. The predicted octanol–water partition coefficient (Wildman–Crippen LogP) is 5.88. The fraction of sp³-hybridized carbons (Fsp3) is 0.286. The number of anilines is 1. The number of aryl methyl sites for hydroxylation is 2. The molecule has 0 radical (unpaired) electrons. The van der Waals surface area contributed by atoms with Gasteiger partial charge in [-0.3, -0.25) is 9.59 Å². The molecule has 0 spiro atoms. The molecule has 0 aromatic heterocycles. The maximum absolute atomic E-state index is 13.0. The highest BCUT2D eigenvalue weighted by molar-refractivity contribution is 8.00. The lowest BCUT2D eigenvalue weighted by atomic mass is 10.0. The number of amides is 2. The van der Waals surface area contributed by atoms with E-state index in [1.165, 1.54) is 5.56 Å². The van der Waals surface area contributed by atoms with Gasteiger partial charge >= 0.3 is 0 Å². The zero-order valence-corrected chi connectivity index (χ0v) is 20.0. The molecule has 0 aliphatic carbocycles. The normalized spacial score (nSPS) is 15.6. The van der Waals surface area contributed by atoms with Gasteiger partial charge in [0.2, 0.25) is 5.91 Å². The van der Waals surface area contributed by atoms with Crippen LogP contribution < -0.4 is 5.32 Å². The zero-order chi connectivity index (χ0) is 23.2. The highest BCUT2D eigenvalue weighted by Gasteiger charge is 2.32. The Kier molecular flexibility index (Phi) is 7.50. The summed E-state index contributed by atoms with van der Waals surface area (Å²) in [6, 6.07) is 24.1. The highest BCUT2D eigenvalue weighted by Crippen LogP contribution is 2.38. The van der Waals surface area contributed by atoms with Crippen LogP contribution in [0.3, 0.4) is 0 Å². The van der Waals surface area contributed by atoms with Gasteiger partial charge < -0.3 is 10.2 Å². The molecule has 4 nitrogen and oxygen atoms in total. The standard InChI is InChI=1S/C28H30N2O2S/c1-3-21-11-8-12-22(4-2)26(21)29-27(32)23-13-15-24(16-14-23)28-30(25(31)19-33-28)18-17-20-9-6-5-7-10-20/h5-16,28H,3-4,17-19H2,1-2H3,(H,29,32)/t28-/m0/s1. The molecule has 1 N–H and O–H groups in total. The van der Waals surface area contributed by atoms with Crippen molar-refractivity contribution in [3.63, 3.8) is 0 Å². The third-order valence-electron chi connectivity index (χ3n) is 6.15. The quantitative estimate of drug-likeness (QED) is 0.459. The Bertz CT molecular complexity index is 1090. The van der Waals surface area contributed by atoms with Gasteiger partial charge in [-0.05, 0) is 53.6 Å². The number of hydrogen-bond acceptors (Lipinski definition) is 3. The number of thioether (sulfide) groups is 1. The molecule has 1 aliphatic rings. The van der Waals surface area contributed by atoms with E-state index in [2.05, 4.69) is 43.4 Å². The Balaban J connectivity index is 1.46. The molecule has 1 aliphatic heterocycles. The maximum atomic E-state index is 13.0. The monoisotopic (exact) mass is 458 g/mol. The molecule has 3 aromatic carbocycles. The molecule has 5 heteroatoms. The summed E-state index contributed by atoms with van der Waals surface area (Å²) in [5.74, 6) is 0.564. The smallest absolute Gasteiger partial charge is 0.255 e. The number of carbonyl (C=O) groups excluding carboxylic acids is 2. The maximum Gasteiger partial charge on any atom is 0.255 e. The largest absolute Gasteiger partial charge is 0.326 e. The molecule has 0 saturated carbocycles. The lowest BCUT2D eigenvalue weighted by Gasteiger charge is -2.24. The topological polar surface area (TPSA) is 49.4 Å². The molecule has 3 aromatic rings. The predicted molar refractivity (Wildman–Crippen MR) is 137 cm³/mol. The van der Waals surface area contributed by atoms with Crippen LogP contribution in [0.15, 0.2) is 72.8 Å². The summed E-state index contributed by atoms with van der Waals surface area (Å²) in [4.78, 5) is 27.5. The van der Waals surface area contributed by atoms with Crippen molar-refractivity contribution in [2.24, 2.45) is 0 Å². The van der Waals surface area contributed by atoms with E-state index >= 15 is 0 Å². The molecule has 0 unspecified atom stereocenters. The van der Waals surface area contributed by atoms with Crippen molar-refractivity contribution in [1.29, 1.82) is 0 Å². The number of benzene rings is 3. The lowest BCUT2D eigenvalue weighted by Crippen LogP contribution is -2.30. The summed E-state index contributed by atoms with van der Waals surface area (Å²) in [6.45, 7) is 4.89. The van der Waals surface area contributed by atoms with Crippen LogP contribution in [0.25, 0.3) is 0 Å². The average molecular weight is 459 g/mol. The second-order valence-electron chi connectivity index (χ2n) is 8.22. The Labute approximate surface area is 200 Å². The first-order valence-electron chi connectivity index (χ1n) is 11.6. The van der Waals surface area contributed by atoms with E-state index < -0.39 is 0 Å². The van der Waals surface area contributed by atoms with Crippen LogP contribution in [-0.2, 0) is 24.1 Å². The van der Waals surface area contributed by atoms with Crippen LogP contribution in [-0.4, -0.2) is 29.0 Å². The van der Waals surface area contributed by atoms with E-state index in [1.807, 2.05) is 53.4 Å². The summed E-state index contributed by atoms with van der Waals surface area (Å²) in [5, 5.41) is 3.12. The molecule has 1 atom stereocenters. The van der Waals surface area contributed by atoms with Gasteiger partial charge in [0.05, 0.1) is 5.75 Å². The highest BCUT2D eigenvalue weighted by atomic mass is 32.2. The summed E-state index contributed by atoms with van der Waals surface area (Å²) >= 11 is 1.65. The third-order valence-corrected chi connectivity index (χ3v) is 7.40. The van der Waals surface area contributed by atoms with Gasteiger partial charge in [0, 0.05) is 17.8 Å². The molecule has 4 rings (SSSR count). The molecular formula is C28H30N2O2S. The fourth-order valence-corrected chi connectivity index (χ4v) is 5.47. The Morgan fingerprint density at radius 1 is 0.939 bits per heavy atom. The number of carbonyl (C=O) groups is 2. The van der Waals surface area contributed by atoms with Gasteiger partial charge in [0.25, 0.3) is 5.91 Å². The molecular weight excluding hydrogens is 428 g/mol. The van der Waals surface area contributed by atoms with Crippen LogP contribution in [0.2, 0.25) is 0 Å². The molecule has 170 valence electrons. The minimum Gasteiger partial charge on any atom is -0.326 e. The van der Waals surface area contributed by atoms with Gasteiger partial charge in [-0.2, -0.15) is 0 Å². The SMILES string of the molecule is CCc1cccc(CC)c1NC(=O)c1ccc([C@@H]2SCC(=O)N2CCc2ccccc2)cc1. The lowest BCUT2D eigenvalue weighted by molar-refractivity contribution is -0.128. The zero-order valence-electron chi connectivity index (χ0n) is 19.2. The second-order valence-corrected chi connectivity index (χ2v) is 9.29. The fourth-order valence-electron chi connectivity index (χ4n) is 4.25. The summed E-state index contributed by atoms with van der Waals surface area (Å²) in [6.07, 6.45) is 2.57. The van der Waals surface area contributed by atoms with Crippen molar-refractivity contribution in [2.75, 3.05) is 17.6 Å². The molecule has 33 heavy (non-hydrogen) atoms. The van der Waals surface area contributed by atoms with Crippen molar-refractivity contribution in [3.8, 4) is 0 Å². The minimum atomic E-state index is -0.103. The molecule has 1 heterocycles. The van der Waals surface area contributed by atoms with Crippen LogP contribution in [0.1, 0.15) is 51.8 Å². The van der Waals surface area contributed by atoms with E-state index in [4.69, 9.17) is 0 Å². The number of rotatable bonds is 8. The Morgan fingerprint density at radius 2 is 1.61 bits per heavy atom. The summed E-state index contributed by atoms with van der Waals surface area (Å²) in [5.41, 5.74) is 6.13. The number of nitrogens with zero attached hydrogens (tertiary/aromatic N) is 1. The van der Waals surface area contributed by atoms with Crippen LogP contribution in [0.5, 0.6) is 0 Å². The van der Waals surface area contributed by atoms with Crippen molar-refractivity contribution < 1.29 is 9.59 Å². The van der Waals surface area contributed by atoms with Crippen LogP contribution in [0.4, 0.5) is 5.69 Å². The first-order valence-corrected chi connectivity index (χ1v) is 12.6. The third kappa shape index (κ3) is 5.31. The molecule has 1 saturated heterocycles. The first-order chi connectivity index (χ1) is 16.1. The van der Waals surface area contributed by atoms with Crippen molar-refractivity contribution in [1.82, 2.24) is 4.90 Å². The van der Waals surface area contributed by atoms with Crippen molar-refractivity contribution >= 4 is 29.3 Å². The van der Waals surface area contributed by atoms with Crippen molar-refractivity contribution in [3.05, 3.63) is 101 Å². The van der Waals surface area contributed by atoms with E-state index in [1.54, 1.807) is 11.8 Å². The summed E-state index contributed by atoms with van der Waals surface area (Å²) < 4.78 is 0. The van der Waals surface area contributed by atoms with E-state index in [9.17, 15) is 9.59 Å². The second kappa shape index (κ2) is 10.7. The Hall–Kier alpha value is -3.05. The van der Waals surface area contributed by atoms with Crippen molar-refractivity contribution in [2.45, 2.75) is 38.5 Å². The van der Waals surface area contributed by atoms with Crippen LogP contribution >= 0.6 is 11.8 Å². The van der Waals surface area contributed by atoms with Gasteiger partial charge in [-0.25, -0.2) is 0 Å². The number of para-hydroxylation sites is 1. The summed E-state index contributed by atoms with van der Waals surface area (Å²) in [7, 11) is 0. The first kappa shape index (κ1) is 23.1. The van der Waals surface area contributed by atoms with Gasteiger partial charge in [-0.1, -0.05) is 74.5 Å². The average Bonchev–Trinajstić information content (AvgIpc) is 3.23. The number of hydrogen-bond donors (Lipinski definition) is 1. The van der Waals surface area contributed by atoms with E-state index in [0.29, 0.717) is 17.9 Å². The van der Waals surface area contributed by atoms with E-state index in [-0.39, 0.29) is 17.2 Å². The molecule has 2 amide bonds. The van der Waals surface area contributed by atoms with Gasteiger partial charge in [0.1, 0.15) is 5.37 Å². The van der Waals surface area contributed by atoms with E-state index in [0.717, 1.165) is 41.6 Å².